The molecular formula is C41H47ClN14O3. The number of tetrazole rings is 1. The van der Waals surface area contributed by atoms with Gasteiger partial charge < -0.3 is 40.6 Å². The summed E-state index contributed by atoms with van der Waals surface area (Å²) in [6, 6.07) is 27.0. The zero-order valence-electron chi connectivity index (χ0n) is 32.5. The highest BCUT2D eigenvalue weighted by molar-refractivity contribution is 5.85. The van der Waals surface area contributed by atoms with Crippen LogP contribution in [0.2, 0.25) is 0 Å². The van der Waals surface area contributed by atoms with Gasteiger partial charge in [-0.3, -0.25) is 0 Å². The lowest BCUT2D eigenvalue weighted by Crippen LogP contribution is -2.44. The fourth-order valence-corrected chi connectivity index (χ4v) is 8.15. The number of aromatic amines is 1. The summed E-state index contributed by atoms with van der Waals surface area (Å²) >= 11 is 0. The van der Waals surface area contributed by atoms with Crippen molar-refractivity contribution in [2.24, 2.45) is 0 Å². The van der Waals surface area contributed by atoms with Crippen LogP contribution in [0.1, 0.15) is 60.5 Å². The number of rotatable bonds is 13. The zero-order chi connectivity index (χ0) is 39.6. The molecule has 2 amide bonds. The number of carbonyl (C=O) groups excluding carboxylic acids is 1. The Balaban J connectivity index is 0.00000484. The zero-order valence-corrected chi connectivity index (χ0v) is 33.3. The minimum atomic E-state index is -1.14. The van der Waals surface area contributed by atoms with Crippen LogP contribution in [0.25, 0.3) is 22.2 Å². The van der Waals surface area contributed by atoms with Crippen LogP contribution in [0.3, 0.4) is 0 Å². The number of nitrogens with one attached hydrogen (secondary N) is 4. The van der Waals surface area contributed by atoms with Crippen LogP contribution in [0, 0.1) is 0 Å². The fourth-order valence-electron chi connectivity index (χ4n) is 8.15. The molecule has 0 bridgehead atoms. The molecular weight excluding hydrogens is 772 g/mol. The molecule has 7 aromatic rings. The van der Waals surface area contributed by atoms with E-state index in [0.29, 0.717) is 80.6 Å². The highest BCUT2D eigenvalue weighted by Gasteiger charge is 2.45. The second kappa shape index (κ2) is 17.4. The molecule has 5 heterocycles. The van der Waals surface area contributed by atoms with Crippen molar-refractivity contribution in [3.8, 4) is 0 Å². The summed E-state index contributed by atoms with van der Waals surface area (Å²) in [5, 5.41) is 45.0. The van der Waals surface area contributed by atoms with E-state index in [-0.39, 0.29) is 30.4 Å². The minimum Gasteiger partial charge on any atom is -0.388 e. The third kappa shape index (κ3) is 8.26. The SMILES string of the molecule is CCc1nnn([C@H]2C[C@@H](n3cnc4c(NCC(c5ccccc5)c5ccccc5)nc(N5CCC(NC(=O)NCCc6nc7ccccc7[nH]6)C5)nc43)[C@H](O)[C@@H]2O)n1.Cl. The van der Waals surface area contributed by atoms with Gasteiger partial charge >= 0.3 is 6.03 Å². The number of benzene rings is 3. The highest BCUT2D eigenvalue weighted by atomic mass is 35.5. The number of imidazole rings is 2. The van der Waals surface area contributed by atoms with Crippen LogP contribution in [-0.4, -0.2) is 110 Å². The molecule has 1 aliphatic heterocycles. The number of hydrogen-bond acceptors (Lipinski definition) is 12. The van der Waals surface area contributed by atoms with Gasteiger partial charge in [0.1, 0.15) is 24.1 Å². The van der Waals surface area contributed by atoms with Crippen molar-refractivity contribution in [2.75, 3.05) is 36.4 Å². The summed E-state index contributed by atoms with van der Waals surface area (Å²) in [7, 11) is 0. The maximum atomic E-state index is 13.0. The Labute approximate surface area is 346 Å². The first-order chi connectivity index (χ1) is 28.4. The molecule has 59 heavy (non-hydrogen) atoms. The number of aryl methyl sites for hydroxylation is 1. The number of carbonyl (C=O) groups is 1. The number of amides is 2. The number of aliphatic hydroxyl groups excluding tert-OH is 2. The van der Waals surface area contributed by atoms with Gasteiger partial charge in [-0.25, -0.2) is 14.8 Å². The number of aliphatic hydroxyl groups is 2. The number of H-pyrrole nitrogens is 1. The molecule has 0 spiro atoms. The number of hydrogen-bond donors (Lipinski definition) is 6. The Morgan fingerprint density at radius 1 is 0.932 bits per heavy atom. The maximum Gasteiger partial charge on any atom is 0.315 e. The second-order valence-corrected chi connectivity index (χ2v) is 15.0. The van der Waals surface area contributed by atoms with Crippen LogP contribution in [0.4, 0.5) is 16.6 Å². The van der Waals surface area contributed by atoms with Crippen LogP contribution in [-0.2, 0) is 12.8 Å². The van der Waals surface area contributed by atoms with E-state index in [1.165, 1.54) is 4.80 Å². The van der Waals surface area contributed by atoms with Crippen LogP contribution in [0.5, 0.6) is 0 Å². The van der Waals surface area contributed by atoms with Crippen molar-refractivity contribution in [1.82, 2.24) is 60.3 Å². The number of para-hydroxylation sites is 2. The molecule has 17 nitrogen and oxygen atoms in total. The monoisotopic (exact) mass is 818 g/mol. The van der Waals surface area contributed by atoms with Crippen molar-refractivity contribution in [3.63, 3.8) is 0 Å². The lowest BCUT2D eigenvalue weighted by atomic mass is 9.91. The molecule has 2 aliphatic rings. The second-order valence-electron chi connectivity index (χ2n) is 15.0. The van der Waals surface area contributed by atoms with Crippen molar-refractivity contribution in [2.45, 2.75) is 68.9 Å². The molecule has 6 N–H and O–H groups in total. The molecule has 1 unspecified atom stereocenters. The van der Waals surface area contributed by atoms with Gasteiger partial charge in [-0.1, -0.05) is 79.7 Å². The Morgan fingerprint density at radius 2 is 1.66 bits per heavy atom. The first-order valence-corrected chi connectivity index (χ1v) is 19.9. The van der Waals surface area contributed by atoms with Crippen LogP contribution >= 0.6 is 12.4 Å². The lowest BCUT2D eigenvalue weighted by Gasteiger charge is -2.22. The highest BCUT2D eigenvalue weighted by Crippen LogP contribution is 2.40. The van der Waals surface area contributed by atoms with Gasteiger partial charge in [-0.05, 0) is 41.3 Å². The van der Waals surface area contributed by atoms with Gasteiger partial charge in [0.25, 0.3) is 0 Å². The largest absolute Gasteiger partial charge is 0.388 e. The summed E-state index contributed by atoms with van der Waals surface area (Å²) in [4.78, 5) is 39.2. The van der Waals surface area contributed by atoms with Gasteiger partial charge in [-0.2, -0.15) is 14.8 Å². The lowest BCUT2D eigenvalue weighted by molar-refractivity contribution is 0.00473. The number of anilines is 2. The van der Waals surface area contributed by atoms with Gasteiger partial charge in [0.2, 0.25) is 5.95 Å². The number of halogens is 1. The van der Waals surface area contributed by atoms with E-state index >= 15 is 0 Å². The van der Waals surface area contributed by atoms with Crippen LogP contribution < -0.4 is 20.9 Å². The molecule has 0 radical (unpaired) electrons. The summed E-state index contributed by atoms with van der Waals surface area (Å²) in [6.45, 7) is 4.01. The molecule has 18 heteroatoms. The van der Waals surface area contributed by atoms with Crippen molar-refractivity contribution in [1.29, 1.82) is 0 Å². The van der Waals surface area contributed by atoms with Gasteiger partial charge in [0.15, 0.2) is 22.8 Å². The van der Waals surface area contributed by atoms with E-state index < -0.39 is 24.3 Å². The molecule has 1 saturated carbocycles. The van der Waals surface area contributed by atoms with Gasteiger partial charge in [0.05, 0.1) is 23.4 Å². The predicted octanol–water partition coefficient (Wildman–Crippen LogP) is 3.95. The van der Waals surface area contributed by atoms with E-state index in [1.807, 2.05) is 72.2 Å². The third-order valence-electron chi connectivity index (χ3n) is 11.2. The van der Waals surface area contributed by atoms with Crippen molar-refractivity contribution >= 4 is 52.4 Å². The molecule has 1 aliphatic carbocycles. The first kappa shape index (κ1) is 39.6. The predicted molar refractivity (Wildman–Crippen MR) is 225 cm³/mol. The molecule has 9 rings (SSSR count). The fraction of sp³-hybridized carbons (Fsp3) is 0.366. The third-order valence-corrected chi connectivity index (χ3v) is 11.2. The molecule has 1 saturated heterocycles. The Kier molecular flexibility index (Phi) is 11.7. The van der Waals surface area contributed by atoms with Crippen molar-refractivity contribution < 1.29 is 15.0 Å². The number of fused-ring (bicyclic) bond motifs is 2. The van der Waals surface area contributed by atoms with Gasteiger partial charge in [-0.15, -0.1) is 22.6 Å². The van der Waals surface area contributed by atoms with Gasteiger partial charge in [0, 0.05) is 51.0 Å². The summed E-state index contributed by atoms with van der Waals surface area (Å²) in [5.74, 6) is 2.41. The topological polar surface area (TPSA) is 213 Å². The average Bonchev–Trinajstić information content (AvgIpc) is 4.10. The van der Waals surface area contributed by atoms with E-state index in [0.717, 1.165) is 28.0 Å². The normalized spacial score (nSPS) is 20.3. The van der Waals surface area contributed by atoms with Crippen LogP contribution in [0.15, 0.2) is 91.3 Å². The Morgan fingerprint density at radius 3 is 2.39 bits per heavy atom. The smallest absolute Gasteiger partial charge is 0.315 e. The summed E-state index contributed by atoms with van der Waals surface area (Å²) < 4.78 is 1.82. The number of urea groups is 1. The number of aromatic nitrogens is 10. The first-order valence-electron chi connectivity index (χ1n) is 19.9. The van der Waals surface area contributed by atoms with E-state index in [2.05, 4.69) is 70.5 Å². The quantitative estimate of drug-likeness (QED) is 0.0977. The maximum absolute atomic E-state index is 13.0. The Bertz CT molecular complexity index is 2420. The molecule has 2 fully saturated rings. The minimum absolute atomic E-state index is 0. The summed E-state index contributed by atoms with van der Waals surface area (Å²) in [6.07, 6.45) is 1.60. The molecule has 5 atom stereocenters. The van der Waals surface area contributed by atoms with Crippen molar-refractivity contribution in [3.05, 3.63) is 114 Å². The molecule has 4 aromatic heterocycles. The standard InChI is InChI=1S/C41H46N14O3.ClH/c1-2-33-50-52-55(51-33)32-21-31(36(56)37(32)57)54-24-44-35-38(43-22-28(25-11-5-3-6-12-25)26-13-7-4-8-14-26)48-40(49-39(35)54)53-20-18-27(23-53)45-41(58)42-19-17-34-46-29-15-9-10-16-30(29)47-34;/h3-16,24,27-28,31-32,36-37,56-57H,2,17-23H2,1H3,(H,46,47)(H2,42,45,58)(H,43,48,49);1H/t27?,31-,32+,36+,37-;/m1./s1. The molecule has 306 valence electrons. The van der Waals surface area contributed by atoms with E-state index in [9.17, 15) is 15.0 Å². The Hall–Kier alpha value is -6.17. The average molecular weight is 819 g/mol. The number of nitrogens with zero attached hydrogens (tertiary/aromatic N) is 10. The van der Waals surface area contributed by atoms with E-state index in [1.54, 1.807) is 6.33 Å². The van der Waals surface area contributed by atoms with E-state index in [4.69, 9.17) is 15.0 Å². The summed E-state index contributed by atoms with van der Waals surface area (Å²) in [5.41, 5.74) is 5.24. The molecule has 3 aromatic carbocycles.